The lowest BCUT2D eigenvalue weighted by Gasteiger charge is -2.31. The maximum Gasteiger partial charge on any atom is 0.225 e. The van der Waals surface area contributed by atoms with Crippen molar-refractivity contribution in [1.29, 1.82) is 0 Å². The molecular weight excluding hydrogens is 270 g/mol. The van der Waals surface area contributed by atoms with Gasteiger partial charge in [-0.2, -0.15) is 0 Å². The van der Waals surface area contributed by atoms with Crippen LogP contribution in [-0.4, -0.2) is 49.9 Å². The molecule has 1 saturated heterocycles. The van der Waals surface area contributed by atoms with E-state index in [-0.39, 0.29) is 6.10 Å². The first kappa shape index (κ1) is 12.2. The van der Waals surface area contributed by atoms with Crippen molar-refractivity contribution in [2.24, 2.45) is 7.05 Å². The number of morpholine rings is 1. The Morgan fingerprint density at radius 3 is 2.84 bits per heavy atom. The van der Waals surface area contributed by atoms with Gasteiger partial charge in [-0.1, -0.05) is 11.6 Å². The summed E-state index contributed by atoms with van der Waals surface area (Å²) in [6.45, 7) is 1.91. The van der Waals surface area contributed by atoms with Gasteiger partial charge < -0.3 is 9.64 Å². The average Bonchev–Trinajstić information content (AvgIpc) is 2.86. The number of halogens is 1. The molecule has 1 aliphatic heterocycles. The quantitative estimate of drug-likeness (QED) is 0.779. The van der Waals surface area contributed by atoms with Gasteiger partial charge in [-0.25, -0.2) is 14.6 Å². The first-order valence-electron chi connectivity index (χ1n) is 5.80. The molecule has 3 rings (SSSR count). The van der Waals surface area contributed by atoms with E-state index in [0.29, 0.717) is 29.9 Å². The van der Waals surface area contributed by atoms with E-state index in [1.807, 2.05) is 4.90 Å². The number of rotatable bonds is 2. The molecule has 0 aromatic carbocycles. The first-order chi connectivity index (χ1) is 9.24. The van der Waals surface area contributed by atoms with Gasteiger partial charge >= 0.3 is 0 Å². The predicted octanol–water partition coefficient (Wildman–Crippen LogP) is 0.231. The fraction of sp³-hybridized carbons (Fsp3) is 0.500. The Hall–Kier alpha value is -1.80. The van der Waals surface area contributed by atoms with Crippen LogP contribution in [0, 0.1) is 0 Å². The molecule has 9 heteroatoms. The van der Waals surface area contributed by atoms with E-state index in [4.69, 9.17) is 16.3 Å². The fourth-order valence-electron chi connectivity index (χ4n) is 1.97. The average molecular weight is 282 g/mol. The second kappa shape index (κ2) is 5.06. The van der Waals surface area contributed by atoms with E-state index >= 15 is 0 Å². The zero-order valence-electron chi connectivity index (χ0n) is 10.3. The molecule has 0 aliphatic carbocycles. The molecular formula is C10H12ClN7O. The largest absolute Gasteiger partial charge is 0.366 e. The minimum atomic E-state index is -0.187. The Labute approximate surface area is 114 Å². The van der Waals surface area contributed by atoms with Crippen LogP contribution in [0.25, 0.3) is 0 Å². The van der Waals surface area contributed by atoms with Crippen LogP contribution >= 0.6 is 11.6 Å². The Morgan fingerprint density at radius 2 is 2.16 bits per heavy atom. The summed E-state index contributed by atoms with van der Waals surface area (Å²) in [6.07, 6.45) is 2.98. The number of tetrazole rings is 1. The lowest BCUT2D eigenvalue weighted by Crippen LogP contribution is -2.40. The molecule has 2 aromatic heterocycles. The summed E-state index contributed by atoms with van der Waals surface area (Å²) in [4.78, 5) is 10.4. The molecule has 3 heterocycles. The van der Waals surface area contributed by atoms with E-state index in [1.54, 1.807) is 24.1 Å². The highest BCUT2D eigenvalue weighted by atomic mass is 35.5. The highest BCUT2D eigenvalue weighted by Crippen LogP contribution is 2.22. The van der Waals surface area contributed by atoms with Crippen LogP contribution in [0.2, 0.25) is 5.02 Å². The Kier molecular flexibility index (Phi) is 3.26. The number of nitrogens with zero attached hydrogens (tertiary/aromatic N) is 7. The lowest BCUT2D eigenvalue weighted by atomic mass is 10.2. The van der Waals surface area contributed by atoms with Crippen molar-refractivity contribution in [1.82, 2.24) is 30.2 Å². The lowest BCUT2D eigenvalue weighted by molar-refractivity contribution is 0.0311. The molecule has 1 fully saturated rings. The summed E-state index contributed by atoms with van der Waals surface area (Å²) >= 11 is 5.78. The van der Waals surface area contributed by atoms with Crippen LogP contribution in [0.5, 0.6) is 0 Å². The topological polar surface area (TPSA) is 81.9 Å². The fourth-order valence-corrected chi connectivity index (χ4v) is 2.06. The van der Waals surface area contributed by atoms with Crippen molar-refractivity contribution in [2.45, 2.75) is 6.10 Å². The predicted molar refractivity (Wildman–Crippen MR) is 66.7 cm³/mol. The van der Waals surface area contributed by atoms with Gasteiger partial charge in [-0.05, 0) is 10.4 Å². The van der Waals surface area contributed by atoms with Crippen LogP contribution in [0.4, 0.5) is 5.95 Å². The molecule has 19 heavy (non-hydrogen) atoms. The number of hydrogen-bond acceptors (Lipinski definition) is 7. The van der Waals surface area contributed by atoms with Crippen LogP contribution in [0.3, 0.4) is 0 Å². The minimum Gasteiger partial charge on any atom is -0.366 e. The van der Waals surface area contributed by atoms with Crippen molar-refractivity contribution in [2.75, 3.05) is 24.6 Å². The zero-order chi connectivity index (χ0) is 13.2. The summed E-state index contributed by atoms with van der Waals surface area (Å²) in [5.74, 6) is 1.33. The Morgan fingerprint density at radius 1 is 1.37 bits per heavy atom. The van der Waals surface area contributed by atoms with Crippen molar-refractivity contribution in [3.63, 3.8) is 0 Å². The summed E-state index contributed by atoms with van der Waals surface area (Å²) < 4.78 is 7.30. The molecule has 8 nitrogen and oxygen atoms in total. The Balaban J connectivity index is 1.78. The Bertz CT molecular complexity index is 557. The van der Waals surface area contributed by atoms with Crippen LogP contribution < -0.4 is 4.90 Å². The van der Waals surface area contributed by atoms with Gasteiger partial charge in [-0.15, -0.1) is 5.10 Å². The van der Waals surface area contributed by atoms with Gasteiger partial charge in [-0.3, -0.25) is 0 Å². The van der Waals surface area contributed by atoms with Crippen molar-refractivity contribution in [3.8, 4) is 0 Å². The number of anilines is 1. The summed E-state index contributed by atoms with van der Waals surface area (Å²) in [5.41, 5.74) is 0. The number of ether oxygens (including phenoxy) is 1. The van der Waals surface area contributed by atoms with Gasteiger partial charge in [0.15, 0.2) is 5.82 Å². The van der Waals surface area contributed by atoms with Gasteiger partial charge in [0.05, 0.1) is 30.6 Å². The molecule has 100 valence electrons. The third-order valence-electron chi connectivity index (χ3n) is 2.90. The van der Waals surface area contributed by atoms with Crippen LogP contribution in [0.1, 0.15) is 11.9 Å². The maximum atomic E-state index is 5.78. The highest BCUT2D eigenvalue weighted by molar-refractivity contribution is 6.30. The molecule has 0 spiro atoms. The number of aromatic nitrogens is 6. The van der Waals surface area contributed by atoms with E-state index in [1.165, 1.54) is 0 Å². The van der Waals surface area contributed by atoms with Crippen molar-refractivity contribution in [3.05, 3.63) is 23.2 Å². The van der Waals surface area contributed by atoms with Crippen molar-refractivity contribution < 1.29 is 4.74 Å². The smallest absolute Gasteiger partial charge is 0.225 e. The molecule has 1 unspecified atom stereocenters. The summed E-state index contributed by atoms with van der Waals surface area (Å²) in [6, 6.07) is 0. The van der Waals surface area contributed by atoms with Gasteiger partial charge in [0.1, 0.15) is 6.10 Å². The molecule has 0 N–H and O–H groups in total. The van der Waals surface area contributed by atoms with E-state index in [0.717, 1.165) is 6.54 Å². The second-order valence-electron chi connectivity index (χ2n) is 4.17. The van der Waals surface area contributed by atoms with Crippen LogP contribution in [0.15, 0.2) is 12.4 Å². The molecule has 0 radical (unpaired) electrons. The van der Waals surface area contributed by atoms with Crippen LogP contribution in [-0.2, 0) is 11.8 Å². The highest BCUT2D eigenvalue weighted by Gasteiger charge is 2.27. The summed E-state index contributed by atoms with van der Waals surface area (Å²) in [7, 11) is 1.79. The SMILES string of the molecule is Cn1nnnc1C1CN(c2ncc(Cl)cn2)CCO1. The molecule has 1 atom stereocenters. The minimum absolute atomic E-state index is 0.187. The monoisotopic (exact) mass is 281 g/mol. The second-order valence-corrected chi connectivity index (χ2v) is 4.60. The normalized spacial score (nSPS) is 19.7. The van der Waals surface area contributed by atoms with Gasteiger partial charge in [0.2, 0.25) is 5.95 Å². The molecule has 0 amide bonds. The number of hydrogen-bond donors (Lipinski definition) is 0. The van der Waals surface area contributed by atoms with Gasteiger partial charge in [0, 0.05) is 13.6 Å². The van der Waals surface area contributed by atoms with E-state index < -0.39 is 0 Å². The molecule has 1 aliphatic rings. The third-order valence-corrected chi connectivity index (χ3v) is 3.09. The molecule has 2 aromatic rings. The molecule has 0 bridgehead atoms. The number of aryl methyl sites for hydroxylation is 1. The standard InChI is InChI=1S/C10H12ClN7O/c1-17-9(14-15-16-17)8-6-18(2-3-19-8)10-12-4-7(11)5-13-10/h4-5,8H,2-3,6H2,1H3. The van der Waals surface area contributed by atoms with E-state index in [2.05, 4.69) is 25.5 Å². The van der Waals surface area contributed by atoms with Crippen molar-refractivity contribution >= 4 is 17.5 Å². The maximum absolute atomic E-state index is 5.78. The third kappa shape index (κ3) is 2.49. The van der Waals surface area contributed by atoms with Gasteiger partial charge in [0.25, 0.3) is 0 Å². The van der Waals surface area contributed by atoms with E-state index in [9.17, 15) is 0 Å². The summed E-state index contributed by atoms with van der Waals surface area (Å²) in [5, 5.41) is 11.9. The zero-order valence-corrected chi connectivity index (χ0v) is 11.0. The molecule has 0 saturated carbocycles. The first-order valence-corrected chi connectivity index (χ1v) is 6.18.